The van der Waals surface area contributed by atoms with Crippen LogP contribution in [0.1, 0.15) is 4.88 Å². The summed E-state index contributed by atoms with van der Waals surface area (Å²) in [5.41, 5.74) is 6.39. The van der Waals surface area contributed by atoms with E-state index in [1.54, 1.807) is 17.5 Å². The molecule has 30 heavy (non-hydrogen) atoms. The van der Waals surface area contributed by atoms with Crippen LogP contribution >= 0.6 is 11.3 Å². The molecule has 0 bridgehead atoms. The zero-order valence-corrected chi connectivity index (χ0v) is 16.9. The molecule has 5 aromatic heterocycles. The minimum atomic E-state index is 0.719. The number of hydrogen-bond donors (Lipinski definition) is 2. The fourth-order valence-electron chi connectivity index (χ4n) is 3.68. The molecule has 7 heteroatoms. The van der Waals surface area contributed by atoms with Crippen LogP contribution in [-0.2, 0) is 0 Å². The van der Waals surface area contributed by atoms with E-state index in [1.165, 1.54) is 4.88 Å². The van der Waals surface area contributed by atoms with Crippen LogP contribution in [0.25, 0.3) is 55.3 Å². The highest BCUT2D eigenvalue weighted by atomic mass is 32.1. The number of aryl methyl sites for hydroxylation is 1. The molecular weight excluding hydrogens is 392 g/mol. The van der Waals surface area contributed by atoms with Gasteiger partial charge in [0.2, 0.25) is 0 Å². The van der Waals surface area contributed by atoms with Crippen molar-refractivity contribution in [1.29, 1.82) is 0 Å². The van der Waals surface area contributed by atoms with Crippen LogP contribution < -0.4 is 0 Å². The Morgan fingerprint density at radius 3 is 2.67 bits per heavy atom. The number of benzene rings is 1. The van der Waals surface area contributed by atoms with Gasteiger partial charge in [-0.05, 0) is 49.4 Å². The van der Waals surface area contributed by atoms with Gasteiger partial charge in [-0.15, -0.1) is 11.3 Å². The fraction of sp³-hybridized carbons (Fsp3) is 0.0435. The summed E-state index contributed by atoms with van der Waals surface area (Å²) in [4.78, 5) is 19.7. The maximum atomic E-state index is 4.88. The quantitative estimate of drug-likeness (QED) is 0.399. The smallest absolute Gasteiger partial charge is 0.159 e. The lowest BCUT2D eigenvalue weighted by Crippen LogP contribution is -1.84. The van der Waals surface area contributed by atoms with Gasteiger partial charge in [0.25, 0.3) is 0 Å². The average Bonchev–Trinajstić information content (AvgIpc) is 3.51. The van der Waals surface area contributed by atoms with E-state index >= 15 is 0 Å². The molecule has 6 nitrogen and oxygen atoms in total. The minimum Gasteiger partial charge on any atom is -0.336 e. The lowest BCUT2D eigenvalue weighted by atomic mass is 10.1. The zero-order chi connectivity index (χ0) is 20.1. The van der Waals surface area contributed by atoms with Crippen LogP contribution in [0.15, 0.2) is 67.0 Å². The molecule has 6 rings (SSSR count). The summed E-state index contributed by atoms with van der Waals surface area (Å²) in [6.45, 7) is 2.10. The van der Waals surface area contributed by atoms with Crippen LogP contribution in [0.5, 0.6) is 0 Å². The van der Waals surface area contributed by atoms with Crippen molar-refractivity contribution in [3.63, 3.8) is 0 Å². The van der Waals surface area contributed by atoms with Crippen molar-refractivity contribution in [2.24, 2.45) is 0 Å². The van der Waals surface area contributed by atoms with Crippen molar-refractivity contribution < 1.29 is 0 Å². The van der Waals surface area contributed by atoms with E-state index < -0.39 is 0 Å². The third kappa shape index (κ3) is 2.71. The number of imidazole rings is 1. The Labute approximate surface area is 175 Å². The van der Waals surface area contributed by atoms with Crippen molar-refractivity contribution in [3.05, 3.63) is 71.9 Å². The van der Waals surface area contributed by atoms with E-state index in [-0.39, 0.29) is 0 Å². The number of nitrogens with zero attached hydrogens (tertiary/aromatic N) is 4. The molecule has 2 N–H and O–H groups in total. The molecule has 0 atom stereocenters. The monoisotopic (exact) mass is 408 g/mol. The maximum absolute atomic E-state index is 4.88. The van der Waals surface area contributed by atoms with Gasteiger partial charge < -0.3 is 4.98 Å². The molecule has 0 aliphatic carbocycles. The van der Waals surface area contributed by atoms with E-state index in [9.17, 15) is 0 Å². The predicted molar refractivity (Wildman–Crippen MR) is 120 cm³/mol. The van der Waals surface area contributed by atoms with E-state index in [0.29, 0.717) is 0 Å². The Morgan fingerprint density at radius 2 is 1.83 bits per heavy atom. The summed E-state index contributed by atoms with van der Waals surface area (Å²) in [5.74, 6) is 0.719. The van der Waals surface area contributed by atoms with Gasteiger partial charge in [0.15, 0.2) is 5.82 Å². The van der Waals surface area contributed by atoms with Crippen LogP contribution in [0.3, 0.4) is 0 Å². The Bertz CT molecular complexity index is 1510. The third-order valence-electron chi connectivity index (χ3n) is 5.12. The molecule has 0 saturated heterocycles. The topological polar surface area (TPSA) is 83.1 Å². The lowest BCUT2D eigenvalue weighted by molar-refractivity contribution is 1.11. The second kappa shape index (κ2) is 6.60. The standard InChI is InChI=1S/C23H16N6S/c1-13-5-8-19(30-13)22-21-18(9-11-25-22)26-23(27-21)20-15-12-14(6-7-17(15)28-29-20)16-4-2-3-10-24-16/h2-12H,1H3,(H,26,27)(H,28,29). The number of nitrogens with one attached hydrogen (secondary N) is 2. The summed E-state index contributed by atoms with van der Waals surface area (Å²) < 4.78 is 0. The first-order valence-electron chi connectivity index (χ1n) is 9.58. The number of pyridine rings is 2. The van der Waals surface area contributed by atoms with Crippen molar-refractivity contribution in [3.8, 4) is 33.3 Å². The molecule has 0 fully saturated rings. The molecule has 0 spiro atoms. The number of thiophene rings is 1. The predicted octanol–water partition coefficient (Wildman–Crippen LogP) is 5.60. The molecule has 0 amide bonds. The van der Waals surface area contributed by atoms with Crippen molar-refractivity contribution in [2.75, 3.05) is 0 Å². The summed E-state index contributed by atoms with van der Waals surface area (Å²) in [6.07, 6.45) is 3.62. The molecule has 144 valence electrons. The Hall–Kier alpha value is -3.84. The van der Waals surface area contributed by atoms with Gasteiger partial charge in [0.1, 0.15) is 16.9 Å². The molecule has 0 saturated carbocycles. The first-order valence-corrected chi connectivity index (χ1v) is 10.4. The summed E-state index contributed by atoms with van der Waals surface area (Å²) in [5, 5.41) is 8.66. The molecule has 0 unspecified atom stereocenters. The SMILES string of the molecule is Cc1ccc(-c2nccc3[nH]c(-c4n[nH]c5ccc(-c6ccccn6)cc45)nc23)s1. The van der Waals surface area contributed by atoms with E-state index in [4.69, 9.17) is 4.98 Å². The minimum absolute atomic E-state index is 0.719. The highest BCUT2D eigenvalue weighted by molar-refractivity contribution is 7.15. The second-order valence-corrected chi connectivity index (χ2v) is 8.39. The van der Waals surface area contributed by atoms with Gasteiger partial charge in [-0.25, -0.2) is 4.98 Å². The van der Waals surface area contributed by atoms with Gasteiger partial charge in [-0.1, -0.05) is 12.1 Å². The first kappa shape index (κ1) is 17.1. The zero-order valence-electron chi connectivity index (χ0n) is 16.0. The lowest BCUT2D eigenvalue weighted by Gasteiger charge is -2.01. The van der Waals surface area contributed by atoms with Gasteiger partial charge in [-0.3, -0.25) is 15.1 Å². The number of H-pyrrole nitrogens is 2. The van der Waals surface area contributed by atoms with Gasteiger partial charge in [0, 0.05) is 28.2 Å². The Balaban J connectivity index is 1.52. The Morgan fingerprint density at radius 1 is 0.867 bits per heavy atom. The van der Waals surface area contributed by atoms with Crippen molar-refractivity contribution >= 4 is 33.3 Å². The Kier molecular flexibility index (Phi) is 3.75. The normalized spacial score (nSPS) is 11.5. The molecule has 5 heterocycles. The molecule has 1 aromatic carbocycles. The number of fused-ring (bicyclic) bond motifs is 2. The number of rotatable bonds is 3. The van der Waals surface area contributed by atoms with Crippen molar-refractivity contribution in [1.82, 2.24) is 30.1 Å². The van der Waals surface area contributed by atoms with Crippen LogP contribution in [-0.4, -0.2) is 30.1 Å². The number of hydrogen-bond acceptors (Lipinski definition) is 5. The van der Waals surface area contributed by atoms with Crippen LogP contribution in [0.4, 0.5) is 0 Å². The molecular formula is C23H16N6S. The average molecular weight is 408 g/mol. The highest BCUT2D eigenvalue weighted by Gasteiger charge is 2.17. The molecule has 0 aliphatic heterocycles. The molecule has 6 aromatic rings. The number of aromatic amines is 2. The first-order chi connectivity index (χ1) is 14.8. The summed E-state index contributed by atoms with van der Waals surface area (Å²) in [6, 6.07) is 18.2. The summed E-state index contributed by atoms with van der Waals surface area (Å²) >= 11 is 1.72. The van der Waals surface area contributed by atoms with E-state index in [1.807, 2.05) is 42.6 Å². The van der Waals surface area contributed by atoms with Crippen LogP contribution in [0, 0.1) is 6.92 Å². The molecule has 0 radical (unpaired) electrons. The fourth-order valence-corrected chi connectivity index (χ4v) is 4.54. The van der Waals surface area contributed by atoms with E-state index in [0.717, 1.165) is 55.3 Å². The maximum Gasteiger partial charge on any atom is 0.159 e. The highest BCUT2D eigenvalue weighted by Crippen LogP contribution is 2.34. The van der Waals surface area contributed by atoms with Crippen LogP contribution in [0.2, 0.25) is 0 Å². The largest absolute Gasteiger partial charge is 0.336 e. The van der Waals surface area contributed by atoms with Crippen molar-refractivity contribution in [2.45, 2.75) is 6.92 Å². The van der Waals surface area contributed by atoms with E-state index in [2.05, 4.69) is 50.3 Å². The second-order valence-electron chi connectivity index (χ2n) is 7.10. The van der Waals surface area contributed by atoms with Gasteiger partial charge in [0.05, 0.1) is 21.6 Å². The van der Waals surface area contributed by atoms with Gasteiger partial charge >= 0.3 is 0 Å². The molecule has 0 aliphatic rings. The number of aromatic nitrogens is 6. The van der Waals surface area contributed by atoms with Gasteiger partial charge in [-0.2, -0.15) is 5.10 Å². The third-order valence-corrected chi connectivity index (χ3v) is 6.13. The summed E-state index contributed by atoms with van der Waals surface area (Å²) in [7, 11) is 0.